The number of nitrogens with one attached hydrogen (secondary N) is 1. The molecule has 0 radical (unpaired) electrons. The Bertz CT molecular complexity index is 1120. The molecule has 33 heavy (non-hydrogen) atoms. The highest BCUT2D eigenvalue weighted by Gasteiger charge is 2.82. The van der Waals surface area contributed by atoms with E-state index in [0.29, 0.717) is 31.6 Å². The number of benzene rings is 1. The summed E-state index contributed by atoms with van der Waals surface area (Å²) in [6.07, 6.45) is -0.0451. The molecule has 5 rings (SSSR count). The molecule has 2 bridgehead atoms. The topological polar surface area (TPSA) is 132 Å². The van der Waals surface area contributed by atoms with E-state index in [1.54, 1.807) is 0 Å². The van der Waals surface area contributed by atoms with E-state index in [-0.39, 0.29) is 17.7 Å². The Kier molecular flexibility index (Phi) is 4.49. The lowest BCUT2D eigenvalue weighted by Crippen LogP contribution is -2.63. The van der Waals surface area contributed by atoms with E-state index in [1.165, 1.54) is 0 Å². The first-order valence-corrected chi connectivity index (χ1v) is 11.2. The first-order valence-electron chi connectivity index (χ1n) is 11.2. The average Bonchev–Trinajstić information content (AvgIpc) is 3.33. The van der Waals surface area contributed by atoms with Crippen molar-refractivity contribution in [3.63, 3.8) is 0 Å². The van der Waals surface area contributed by atoms with Crippen molar-refractivity contribution in [1.82, 2.24) is 0 Å². The van der Waals surface area contributed by atoms with Crippen molar-refractivity contribution in [3.05, 3.63) is 35.4 Å². The van der Waals surface area contributed by atoms with Gasteiger partial charge in [0.25, 0.3) is 0 Å². The van der Waals surface area contributed by atoms with Gasteiger partial charge < -0.3 is 18.9 Å². The van der Waals surface area contributed by atoms with Gasteiger partial charge in [0.2, 0.25) is 17.1 Å². The number of ether oxygens (including phenoxy) is 4. The van der Waals surface area contributed by atoms with Crippen molar-refractivity contribution in [3.8, 4) is 18.2 Å². The standard InChI is InChI=1S/C25H26N4O4/c1-21(2,3)17-6-4-16(5-7-17)19-22(13-26,14-27)24(15-28)18-12-23(30-10-11-31-23)8-9-25(18,32-19)33-20(24)29/h4-7,18-19,29H,8-12H2,1-3H3. The SMILES string of the molecule is CC(C)(C)c1ccc(C2OC34CCC5(CC3C(C#N)(C(=N)O4)C2(C#N)C#N)OCCO5)cc1. The third-order valence-corrected chi connectivity index (χ3v) is 7.81. The zero-order valence-corrected chi connectivity index (χ0v) is 19.0. The van der Waals surface area contributed by atoms with Gasteiger partial charge in [0, 0.05) is 19.3 Å². The van der Waals surface area contributed by atoms with Crippen LogP contribution in [0.5, 0.6) is 0 Å². The lowest BCUT2D eigenvalue weighted by molar-refractivity contribution is -0.330. The zero-order chi connectivity index (χ0) is 23.7. The summed E-state index contributed by atoms with van der Waals surface area (Å²) >= 11 is 0. The van der Waals surface area contributed by atoms with Gasteiger partial charge in [-0.2, -0.15) is 15.8 Å². The Labute approximate surface area is 193 Å². The second-order valence-corrected chi connectivity index (χ2v) is 10.4. The molecule has 1 saturated carbocycles. The Hall–Kier alpha value is -2.96. The predicted octanol–water partition coefficient (Wildman–Crippen LogP) is 3.85. The summed E-state index contributed by atoms with van der Waals surface area (Å²) < 4.78 is 24.3. The van der Waals surface area contributed by atoms with Gasteiger partial charge in [-0.1, -0.05) is 45.0 Å². The smallest absolute Gasteiger partial charge is 0.218 e. The molecule has 1 N–H and O–H groups in total. The van der Waals surface area contributed by atoms with Crippen molar-refractivity contribution < 1.29 is 18.9 Å². The first-order chi connectivity index (χ1) is 15.6. The van der Waals surface area contributed by atoms with Crippen LogP contribution in [0.4, 0.5) is 0 Å². The van der Waals surface area contributed by atoms with Crippen LogP contribution in [-0.4, -0.2) is 30.7 Å². The van der Waals surface area contributed by atoms with Crippen molar-refractivity contribution in [2.45, 2.75) is 63.1 Å². The van der Waals surface area contributed by atoms with Crippen LogP contribution in [0.15, 0.2) is 24.3 Å². The van der Waals surface area contributed by atoms with Crippen LogP contribution in [-0.2, 0) is 24.4 Å². The van der Waals surface area contributed by atoms with Gasteiger partial charge in [0.1, 0.15) is 6.10 Å². The van der Waals surface area contributed by atoms with Gasteiger partial charge in [-0.25, -0.2) is 0 Å². The lowest BCUT2D eigenvalue weighted by atomic mass is 9.51. The highest BCUT2D eigenvalue weighted by Crippen LogP contribution is 2.70. The highest BCUT2D eigenvalue weighted by molar-refractivity contribution is 5.89. The van der Waals surface area contributed by atoms with Crippen LogP contribution in [0, 0.1) is 56.2 Å². The number of hydrogen-bond acceptors (Lipinski definition) is 8. The predicted molar refractivity (Wildman–Crippen MR) is 114 cm³/mol. The molecule has 8 nitrogen and oxygen atoms in total. The van der Waals surface area contributed by atoms with Crippen molar-refractivity contribution >= 4 is 5.90 Å². The summed E-state index contributed by atoms with van der Waals surface area (Å²) in [6.45, 7) is 7.17. The molecule has 4 fully saturated rings. The van der Waals surface area contributed by atoms with Gasteiger partial charge in [0.05, 0.1) is 37.3 Å². The summed E-state index contributed by atoms with van der Waals surface area (Å²) in [5.74, 6) is -3.34. The van der Waals surface area contributed by atoms with Gasteiger partial charge in [-0.05, 0) is 16.5 Å². The minimum atomic E-state index is -1.98. The van der Waals surface area contributed by atoms with Crippen molar-refractivity contribution in [2.24, 2.45) is 16.7 Å². The molecule has 3 saturated heterocycles. The Morgan fingerprint density at radius 3 is 2.15 bits per heavy atom. The minimum absolute atomic E-state index is 0.0750. The summed E-state index contributed by atoms with van der Waals surface area (Å²) in [5.41, 5.74) is -2.17. The number of rotatable bonds is 1. The molecule has 0 amide bonds. The molecule has 0 aromatic heterocycles. The van der Waals surface area contributed by atoms with E-state index in [4.69, 9.17) is 24.4 Å². The summed E-state index contributed by atoms with van der Waals surface area (Å²) in [4.78, 5) is 0. The van der Waals surface area contributed by atoms with Crippen LogP contribution in [0.2, 0.25) is 0 Å². The molecule has 4 unspecified atom stereocenters. The van der Waals surface area contributed by atoms with E-state index >= 15 is 0 Å². The summed E-state index contributed by atoms with van der Waals surface area (Å²) in [6, 6.07) is 14.0. The Balaban J connectivity index is 1.67. The maximum Gasteiger partial charge on any atom is 0.218 e. The molecule has 1 aromatic rings. The molecule has 3 heterocycles. The quantitative estimate of drug-likeness (QED) is 0.693. The van der Waals surface area contributed by atoms with E-state index < -0.39 is 34.4 Å². The maximum absolute atomic E-state index is 10.5. The third kappa shape index (κ3) is 2.62. The molecule has 4 aliphatic rings. The van der Waals surface area contributed by atoms with Crippen LogP contribution >= 0.6 is 0 Å². The van der Waals surface area contributed by atoms with E-state index in [1.807, 2.05) is 24.3 Å². The van der Waals surface area contributed by atoms with Gasteiger partial charge >= 0.3 is 0 Å². The zero-order valence-electron chi connectivity index (χ0n) is 19.0. The Morgan fingerprint density at radius 2 is 1.61 bits per heavy atom. The molecule has 1 aliphatic carbocycles. The normalized spacial score (nSPS) is 35.7. The molecule has 8 heteroatoms. The number of nitriles is 3. The fourth-order valence-electron chi connectivity index (χ4n) is 6.01. The highest BCUT2D eigenvalue weighted by atomic mass is 16.7. The maximum atomic E-state index is 10.5. The molecular formula is C25H26N4O4. The van der Waals surface area contributed by atoms with E-state index in [0.717, 1.165) is 5.56 Å². The second-order valence-electron chi connectivity index (χ2n) is 10.4. The van der Waals surface area contributed by atoms with Crippen LogP contribution in [0.25, 0.3) is 0 Å². The fraction of sp³-hybridized carbons (Fsp3) is 0.600. The van der Waals surface area contributed by atoms with Gasteiger partial charge in [0.15, 0.2) is 11.2 Å². The lowest BCUT2D eigenvalue weighted by Gasteiger charge is -2.54. The molecule has 1 aromatic carbocycles. The van der Waals surface area contributed by atoms with Crippen molar-refractivity contribution in [2.75, 3.05) is 13.2 Å². The summed E-state index contributed by atoms with van der Waals surface area (Å²) in [7, 11) is 0. The molecule has 4 atom stereocenters. The molecule has 1 spiro atoms. The van der Waals surface area contributed by atoms with E-state index in [2.05, 4.69) is 39.0 Å². The fourth-order valence-corrected chi connectivity index (χ4v) is 6.01. The van der Waals surface area contributed by atoms with Crippen LogP contribution in [0.3, 0.4) is 0 Å². The molecule has 170 valence electrons. The minimum Gasteiger partial charge on any atom is -0.447 e. The number of nitrogens with zero attached hydrogens (tertiary/aromatic N) is 3. The van der Waals surface area contributed by atoms with Crippen molar-refractivity contribution in [1.29, 1.82) is 21.2 Å². The van der Waals surface area contributed by atoms with E-state index in [9.17, 15) is 15.8 Å². The largest absolute Gasteiger partial charge is 0.447 e. The first kappa shape index (κ1) is 21.9. The number of hydrogen-bond donors (Lipinski definition) is 1. The molecular weight excluding hydrogens is 420 g/mol. The van der Waals surface area contributed by atoms with Crippen LogP contribution < -0.4 is 0 Å². The Morgan fingerprint density at radius 1 is 0.970 bits per heavy atom. The second kappa shape index (κ2) is 6.78. The average molecular weight is 447 g/mol. The molecule has 3 aliphatic heterocycles. The monoisotopic (exact) mass is 446 g/mol. The summed E-state index contributed by atoms with van der Waals surface area (Å²) in [5, 5.41) is 40.0. The van der Waals surface area contributed by atoms with Gasteiger partial charge in [-0.15, -0.1) is 0 Å². The third-order valence-electron chi connectivity index (χ3n) is 7.81. The van der Waals surface area contributed by atoms with Gasteiger partial charge in [-0.3, -0.25) is 5.41 Å². The van der Waals surface area contributed by atoms with Crippen LogP contribution in [0.1, 0.15) is 57.3 Å².